The van der Waals surface area contributed by atoms with Gasteiger partial charge in [0.05, 0.1) is 0 Å². The molecule has 0 aliphatic heterocycles. The Labute approximate surface area is 111 Å². The van der Waals surface area contributed by atoms with Crippen molar-refractivity contribution in [2.24, 2.45) is 0 Å². The minimum atomic E-state index is -1.02. The van der Waals surface area contributed by atoms with E-state index in [1.165, 1.54) is 6.07 Å². The van der Waals surface area contributed by atoms with Crippen molar-refractivity contribution < 1.29 is 14.7 Å². The highest BCUT2D eigenvalue weighted by Gasteiger charge is 2.19. The number of carboxylic acid groups (broad SMARTS) is 1. The molecule has 2 N–H and O–H groups in total. The van der Waals surface area contributed by atoms with Gasteiger partial charge in [-0.3, -0.25) is 4.79 Å². The fourth-order valence-corrected chi connectivity index (χ4v) is 1.94. The summed E-state index contributed by atoms with van der Waals surface area (Å²) in [6.45, 7) is 3.69. The predicted octanol–water partition coefficient (Wildman–Crippen LogP) is 2.63. The van der Waals surface area contributed by atoms with E-state index in [9.17, 15) is 9.59 Å². The number of aliphatic carboxylic acids is 1. The van der Waals surface area contributed by atoms with Crippen molar-refractivity contribution in [2.75, 3.05) is 0 Å². The fraction of sp³-hybridized carbons (Fsp3) is 0.385. The summed E-state index contributed by atoms with van der Waals surface area (Å²) in [5.74, 6) is -1.44. The van der Waals surface area contributed by atoms with Gasteiger partial charge < -0.3 is 10.4 Å². The van der Waals surface area contributed by atoms with Gasteiger partial charge in [-0.2, -0.15) is 0 Å². The van der Waals surface area contributed by atoms with Crippen LogP contribution in [0, 0.1) is 6.92 Å². The van der Waals surface area contributed by atoms with Gasteiger partial charge in [0.25, 0.3) is 5.91 Å². The van der Waals surface area contributed by atoms with Gasteiger partial charge in [0.15, 0.2) is 0 Å². The molecular weight excluding hydrogens is 254 g/mol. The number of hydrogen-bond donors (Lipinski definition) is 2. The van der Waals surface area contributed by atoms with Gasteiger partial charge in [-0.1, -0.05) is 24.9 Å². The number of carbonyl (C=O) groups is 2. The third kappa shape index (κ3) is 4.04. The quantitative estimate of drug-likeness (QED) is 0.863. The van der Waals surface area contributed by atoms with Crippen molar-refractivity contribution in [3.05, 3.63) is 34.3 Å². The Morgan fingerprint density at radius 3 is 2.56 bits per heavy atom. The zero-order valence-electron chi connectivity index (χ0n) is 10.4. The number of benzene rings is 1. The molecule has 4 nitrogen and oxygen atoms in total. The number of amides is 1. The fourth-order valence-electron chi connectivity index (χ4n) is 1.66. The number of aryl methyl sites for hydroxylation is 1. The van der Waals surface area contributed by atoms with Gasteiger partial charge in [-0.05, 0) is 37.1 Å². The van der Waals surface area contributed by atoms with Gasteiger partial charge in [0.1, 0.15) is 6.04 Å². The molecule has 1 aromatic carbocycles. The zero-order valence-corrected chi connectivity index (χ0v) is 11.1. The van der Waals surface area contributed by atoms with Crippen molar-refractivity contribution in [3.8, 4) is 0 Å². The lowest BCUT2D eigenvalue weighted by Crippen LogP contribution is -2.40. The molecule has 98 valence electrons. The first kappa shape index (κ1) is 14.5. The van der Waals surface area contributed by atoms with Crippen LogP contribution >= 0.6 is 11.6 Å². The number of rotatable bonds is 5. The zero-order chi connectivity index (χ0) is 13.7. The summed E-state index contributed by atoms with van der Waals surface area (Å²) >= 11 is 5.86. The van der Waals surface area contributed by atoms with E-state index in [1.807, 2.05) is 13.8 Å². The molecule has 1 aromatic rings. The smallest absolute Gasteiger partial charge is 0.326 e. The van der Waals surface area contributed by atoms with Crippen molar-refractivity contribution in [1.29, 1.82) is 0 Å². The Bertz CT molecular complexity index is 439. The average molecular weight is 270 g/mol. The van der Waals surface area contributed by atoms with E-state index in [0.29, 0.717) is 23.4 Å². The van der Waals surface area contributed by atoms with E-state index in [4.69, 9.17) is 16.7 Å². The molecule has 0 saturated heterocycles. The number of carbonyl (C=O) groups excluding carboxylic acids is 1. The van der Waals surface area contributed by atoms with E-state index in [2.05, 4.69) is 5.32 Å². The maximum absolute atomic E-state index is 11.9. The summed E-state index contributed by atoms with van der Waals surface area (Å²) in [7, 11) is 0. The molecule has 0 aliphatic rings. The van der Waals surface area contributed by atoms with Gasteiger partial charge >= 0.3 is 5.97 Å². The number of halogens is 1. The van der Waals surface area contributed by atoms with Crippen LogP contribution in [-0.2, 0) is 4.79 Å². The van der Waals surface area contributed by atoms with Gasteiger partial charge in [-0.15, -0.1) is 0 Å². The van der Waals surface area contributed by atoms with Crippen molar-refractivity contribution in [1.82, 2.24) is 5.32 Å². The lowest BCUT2D eigenvalue weighted by atomic mass is 10.1. The normalized spacial score (nSPS) is 11.9. The van der Waals surface area contributed by atoms with Gasteiger partial charge in [-0.25, -0.2) is 4.79 Å². The topological polar surface area (TPSA) is 66.4 Å². The van der Waals surface area contributed by atoms with Crippen LogP contribution in [0.15, 0.2) is 18.2 Å². The third-order valence-corrected chi connectivity index (χ3v) is 2.70. The molecular formula is C13H16ClNO3. The van der Waals surface area contributed by atoms with Gasteiger partial charge in [0.2, 0.25) is 0 Å². The second-order valence-electron chi connectivity index (χ2n) is 4.17. The minimum absolute atomic E-state index is 0.377. The van der Waals surface area contributed by atoms with E-state index >= 15 is 0 Å². The third-order valence-electron chi connectivity index (χ3n) is 2.49. The molecule has 1 rings (SSSR count). The van der Waals surface area contributed by atoms with Crippen molar-refractivity contribution in [3.63, 3.8) is 0 Å². The molecule has 0 bridgehead atoms. The largest absolute Gasteiger partial charge is 0.480 e. The van der Waals surface area contributed by atoms with Gasteiger partial charge in [0, 0.05) is 10.6 Å². The number of hydrogen-bond acceptors (Lipinski definition) is 2. The molecule has 0 aromatic heterocycles. The minimum Gasteiger partial charge on any atom is -0.480 e. The highest BCUT2D eigenvalue weighted by molar-refractivity contribution is 6.31. The molecule has 0 spiro atoms. The van der Waals surface area contributed by atoms with E-state index in [1.54, 1.807) is 12.1 Å². The standard InChI is InChI=1S/C13H16ClNO3/c1-3-4-11(13(17)18)15-12(16)9-5-8(2)6-10(14)7-9/h5-7,11H,3-4H2,1-2H3,(H,15,16)(H,17,18)/t11-/m1/s1. The summed E-state index contributed by atoms with van der Waals surface area (Å²) in [5, 5.41) is 11.9. The summed E-state index contributed by atoms with van der Waals surface area (Å²) in [4.78, 5) is 22.9. The molecule has 0 aliphatic carbocycles. The van der Waals surface area contributed by atoms with Crippen LogP contribution in [0.3, 0.4) is 0 Å². The van der Waals surface area contributed by atoms with Crippen LogP contribution in [0.2, 0.25) is 5.02 Å². The Balaban J connectivity index is 2.83. The second kappa shape index (κ2) is 6.40. The molecule has 5 heteroatoms. The summed E-state index contributed by atoms with van der Waals surface area (Å²) < 4.78 is 0. The van der Waals surface area contributed by atoms with E-state index in [-0.39, 0.29) is 0 Å². The lowest BCUT2D eigenvalue weighted by molar-refractivity contribution is -0.139. The molecule has 0 radical (unpaired) electrons. The molecule has 0 heterocycles. The number of carboxylic acids is 1. The van der Waals surface area contributed by atoms with E-state index in [0.717, 1.165) is 5.56 Å². The van der Waals surface area contributed by atoms with E-state index < -0.39 is 17.9 Å². The monoisotopic (exact) mass is 269 g/mol. The van der Waals surface area contributed by atoms with Crippen molar-refractivity contribution >= 4 is 23.5 Å². The molecule has 0 unspecified atom stereocenters. The summed E-state index contributed by atoms with van der Waals surface area (Å²) in [6.07, 6.45) is 1.09. The van der Waals surface area contributed by atoms with Crippen LogP contribution < -0.4 is 5.32 Å². The Hall–Kier alpha value is -1.55. The molecule has 0 saturated carbocycles. The maximum atomic E-state index is 11.9. The van der Waals surface area contributed by atoms with Crippen molar-refractivity contribution in [2.45, 2.75) is 32.7 Å². The average Bonchev–Trinajstić information content (AvgIpc) is 2.26. The van der Waals surface area contributed by atoms with Crippen LogP contribution in [0.4, 0.5) is 0 Å². The Kier molecular flexibility index (Phi) is 5.16. The van der Waals surface area contributed by atoms with Crippen LogP contribution in [0.1, 0.15) is 35.7 Å². The summed E-state index contributed by atoms with van der Waals surface area (Å²) in [6, 6.07) is 4.07. The Morgan fingerprint density at radius 2 is 2.06 bits per heavy atom. The predicted molar refractivity (Wildman–Crippen MR) is 70.0 cm³/mol. The SMILES string of the molecule is CCC[C@@H](NC(=O)c1cc(C)cc(Cl)c1)C(=O)O. The number of nitrogens with one attached hydrogen (secondary N) is 1. The lowest BCUT2D eigenvalue weighted by Gasteiger charge is -2.13. The highest BCUT2D eigenvalue weighted by atomic mass is 35.5. The molecule has 1 amide bonds. The van der Waals surface area contributed by atoms with Crippen LogP contribution in [0.5, 0.6) is 0 Å². The van der Waals surface area contributed by atoms with Crippen LogP contribution in [-0.4, -0.2) is 23.0 Å². The molecule has 0 fully saturated rings. The summed E-state index contributed by atoms with van der Waals surface area (Å²) in [5.41, 5.74) is 1.23. The molecule has 18 heavy (non-hydrogen) atoms. The first-order valence-electron chi connectivity index (χ1n) is 5.75. The first-order valence-corrected chi connectivity index (χ1v) is 6.12. The maximum Gasteiger partial charge on any atom is 0.326 e. The molecule has 1 atom stereocenters. The van der Waals surface area contributed by atoms with Crippen LogP contribution in [0.25, 0.3) is 0 Å². The highest BCUT2D eigenvalue weighted by Crippen LogP contribution is 2.14. The Morgan fingerprint density at radius 1 is 1.39 bits per heavy atom. The second-order valence-corrected chi connectivity index (χ2v) is 4.61. The first-order chi connectivity index (χ1) is 8.43.